The van der Waals surface area contributed by atoms with Gasteiger partial charge in [-0.05, 0) is 36.6 Å². The third kappa shape index (κ3) is 2.70. The van der Waals surface area contributed by atoms with Crippen LogP contribution in [0.1, 0.15) is 37.7 Å². The van der Waals surface area contributed by atoms with Crippen molar-refractivity contribution in [1.82, 2.24) is 4.57 Å². The zero-order valence-corrected chi connectivity index (χ0v) is 11.4. The third-order valence-corrected chi connectivity index (χ3v) is 4.00. The minimum atomic E-state index is -0.953. The normalized spacial score (nSPS) is 16.6. The predicted octanol–water partition coefficient (Wildman–Crippen LogP) is 4.02. The van der Waals surface area contributed by atoms with E-state index in [1.165, 1.54) is 23.8 Å². The van der Waals surface area contributed by atoms with Gasteiger partial charge in [0.25, 0.3) is 0 Å². The summed E-state index contributed by atoms with van der Waals surface area (Å²) >= 11 is 0. The average molecular weight is 273 g/mol. The maximum Gasteiger partial charge on any atom is 0.415 e. The molecule has 1 aliphatic carbocycles. The minimum absolute atomic E-state index is 0.392. The van der Waals surface area contributed by atoms with Gasteiger partial charge in [-0.1, -0.05) is 25.3 Å². The molecule has 1 saturated carbocycles. The van der Waals surface area contributed by atoms with Crippen LogP contribution in [-0.2, 0) is 11.3 Å². The van der Waals surface area contributed by atoms with Crippen molar-refractivity contribution in [3.63, 3.8) is 0 Å². The van der Waals surface area contributed by atoms with Gasteiger partial charge in [-0.15, -0.1) is 0 Å². The lowest BCUT2D eigenvalue weighted by molar-refractivity contribution is 0.0169. The summed E-state index contributed by atoms with van der Waals surface area (Å²) in [7, 11) is 0. The molecule has 106 valence electrons. The number of benzene rings is 1. The average Bonchev–Trinajstić information content (AvgIpc) is 2.89. The highest BCUT2D eigenvalue weighted by Gasteiger charge is 2.14. The van der Waals surface area contributed by atoms with Crippen LogP contribution in [0.3, 0.4) is 0 Å². The molecule has 0 radical (unpaired) electrons. The van der Waals surface area contributed by atoms with Gasteiger partial charge in [-0.2, -0.15) is 0 Å². The standard InChI is InChI=1S/C16H19NO3/c18-16(19)17-9-8-13-10-12(6-7-15(13)17)11-20-14-4-2-1-3-5-14/h6-10,14H,1-5,11H2,(H,18,19). The summed E-state index contributed by atoms with van der Waals surface area (Å²) in [4.78, 5) is 11.0. The fourth-order valence-corrected chi connectivity index (χ4v) is 2.89. The van der Waals surface area contributed by atoms with Crippen molar-refractivity contribution in [2.24, 2.45) is 0 Å². The zero-order chi connectivity index (χ0) is 13.9. The van der Waals surface area contributed by atoms with Gasteiger partial charge in [0.1, 0.15) is 0 Å². The number of nitrogens with zero attached hydrogens (tertiary/aromatic N) is 1. The van der Waals surface area contributed by atoms with Gasteiger partial charge in [0.05, 0.1) is 18.2 Å². The summed E-state index contributed by atoms with van der Waals surface area (Å²) < 4.78 is 7.19. The van der Waals surface area contributed by atoms with Gasteiger partial charge in [0, 0.05) is 11.6 Å². The molecule has 1 heterocycles. The van der Waals surface area contributed by atoms with Crippen LogP contribution in [0.4, 0.5) is 4.79 Å². The second-order valence-electron chi connectivity index (χ2n) is 5.43. The highest BCUT2D eigenvalue weighted by atomic mass is 16.5. The fraction of sp³-hybridized carbons (Fsp3) is 0.438. The Hall–Kier alpha value is -1.81. The van der Waals surface area contributed by atoms with E-state index in [4.69, 9.17) is 9.84 Å². The molecule has 1 aromatic heterocycles. The van der Waals surface area contributed by atoms with E-state index in [0.29, 0.717) is 12.7 Å². The Labute approximate surface area is 118 Å². The molecule has 2 aromatic rings. The molecule has 0 atom stereocenters. The van der Waals surface area contributed by atoms with E-state index in [1.807, 2.05) is 24.3 Å². The van der Waals surface area contributed by atoms with Crippen molar-refractivity contribution in [3.8, 4) is 0 Å². The summed E-state index contributed by atoms with van der Waals surface area (Å²) in [5.74, 6) is 0. The zero-order valence-electron chi connectivity index (χ0n) is 11.4. The van der Waals surface area contributed by atoms with Crippen LogP contribution in [-0.4, -0.2) is 21.9 Å². The van der Waals surface area contributed by atoms with E-state index < -0.39 is 6.09 Å². The molecule has 1 aromatic carbocycles. The minimum Gasteiger partial charge on any atom is -0.464 e. The molecule has 0 bridgehead atoms. The molecule has 1 aliphatic rings. The number of aromatic nitrogens is 1. The molecule has 0 aliphatic heterocycles. The number of fused-ring (bicyclic) bond motifs is 1. The van der Waals surface area contributed by atoms with Crippen LogP contribution in [0.5, 0.6) is 0 Å². The highest BCUT2D eigenvalue weighted by Crippen LogP contribution is 2.23. The summed E-state index contributed by atoms with van der Waals surface area (Å²) in [5.41, 5.74) is 1.82. The second kappa shape index (κ2) is 5.67. The molecule has 0 amide bonds. The van der Waals surface area contributed by atoms with Crippen molar-refractivity contribution < 1.29 is 14.6 Å². The second-order valence-corrected chi connectivity index (χ2v) is 5.43. The van der Waals surface area contributed by atoms with Gasteiger partial charge >= 0.3 is 6.09 Å². The lowest BCUT2D eigenvalue weighted by Crippen LogP contribution is -2.16. The number of rotatable bonds is 3. The van der Waals surface area contributed by atoms with E-state index in [9.17, 15) is 4.79 Å². The van der Waals surface area contributed by atoms with E-state index in [2.05, 4.69) is 0 Å². The lowest BCUT2D eigenvalue weighted by atomic mass is 9.98. The van der Waals surface area contributed by atoms with Gasteiger partial charge in [0.2, 0.25) is 0 Å². The van der Waals surface area contributed by atoms with Gasteiger partial charge in [-0.3, -0.25) is 4.57 Å². The summed E-state index contributed by atoms with van der Waals surface area (Å²) in [6.07, 6.45) is 7.22. The maximum absolute atomic E-state index is 11.0. The molecule has 4 heteroatoms. The predicted molar refractivity (Wildman–Crippen MR) is 77.0 cm³/mol. The molecule has 4 nitrogen and oxygen atoms in total. The summed E-state index contributed by atoms with van der Waals surface area (Å²) in [6.45, 7) is 0.610. The molecule has 1 fully saturated rings. The Morgan fingerprint density at radius 2 is 2.05 bits per heavy atom. The van der Waals surface area contributed by atoms with E-state index in [-0.39, 0.29) is 0 Å². The van der Waals surface area contributed by atoms with Gasteiger partial charge in [-0.25, -0.2) is 4.79 Å². The number of carboxylic acid groups (broad SMARTS) is 1. The molecule has 3 rings (SSSR count). The SMILES string of the molecule is O=C(O)n1ccc2cc(COC3CCCCC3)ccc21. The monoisotopic (exact) mass is 273 g/mol. The van der Waals surface area contributed by atoms with Crippen LogP contribution in [0.2, 0.25) is 0 Å². The van der Waals surface area contributed by atoms with Crippen LogP contribution < -0.4 is 0 Å². The largest absolute Gasteiger partial charge is 0.464 e. The Kier molecular flexibility index (Phi) is 3.74. The maximum atomic E-state index is 11.0. The first-order chi connectivity index (χ1) is 9.74. The lowest BCUT2D eigenvalue weighted by Gasteiger charge is -2.22. The third-order valence-electron chi connectivity index (χ3n) is 4.00. The number of ether oxygens (including phenoxy) is 1. The molecule has 1 N–H and O–H groups in total. The first-order valence-corrected chi connectivity index (χ1v) is 7.19. The van der Waals surface area contributed by atoms with E-state index >= 15 is 0 Å². The first kappa shape index (κ1) is 13.2. The quantitative estimate of drug-likeness (QED) is 0.919. The summed E-state index contributed by atoms with van der Waals surface area (Å²) in [5, 5.41) is 9.99. The summed E-state index contributed by atoms with van der Waals surface area (Å²) in [6, 6.07) is 7.64. The van der Waals surface area contributed by atoms with Crippen molar-refractivity contribution in [1.29, 1.82) is 0 Å². The Bertz CT molecular complexity index is 611. The number of hydrogen-bond donors (Lipinski definition) is 1. The van der Waals surface area contributed by atoms with Gasteiger partial charge in [0.15, 0.2) is 0 Å². The van der Waals surface area contributed by atoms with Crippen LogP contribution in [0.15, 0.2) is 30.5 Å². The van der Waals surface area contributed by atoms with E-state index in [0.717, 1.165) is 29.3 Å². The highest BCUT2D eigenvalue weighted by molar-refractivity contribution is 5.89. The molecule has 0 spiro atoms. The number of carbonyl (C=O) groups is 1. The Morgan fingerprint density at radius 3 is 2.80 bits per heavy atom. The first-order valence-electron chi connectivity index (χ1n) is 7.19. The molecule has 20 heavy (non-hydrogen) atoms. The molecular formula is C16H19NO3. The molecule has 0 saturated heterocycles. The van der Waals surface area contributed by atoms with Crippen molar-refractivity contribution >= 4 is 17.0 Å². The van der Waals surface area contributed by atoms with Crippen LogP contribution in [0, 0.1) is 0 Å². The topological polar surface area (TPSA) is 51.5 Å². The number of hydrogen-bond acceptors (Lipinski definition) is 2. The van der Waals surface area contributed by atoms with Crippen molar-refractivity contribution in [2.75, 3.05) is 0 Å². The Morgan fingerprint density at radius 1 is 1.25 bits per heavy atom. The van der Waals surface area contributed by atoms with Crippen molar-refractivity contribution in [2.45, 2.75) is 44.8 Å². The van der Waals surface area contributed by atoms with Crippen LogP contribution in [0.25, 0.3) is 10.9 Å². The Balaban J connectivity index is 1.71. The van der Waals surface area contributed by atoms with Gasteiger partial charge < -0.3 is 9.84 Å². The van der Waals surface area contributed by atoms with Crippen molar-refractivity contribution in [3.05, 3.63) is 36.0 Å². The van der Waals surface area contributed by atoms with E-state index in [1.54, 1.807) is 6.20 Å². The fourth-order valence-electron chi connectivity index (χ4n) is 2.89. The molecule has 0 unspecified atom stereocenters. The smallest absolute Gasteiger partial charge is 0.415 e. The van der Waals surface area contributed by atoms with Crippen LogP contribution >= 0.6 is 0 Å². The molecular weight excluding hydrogens is 254 g/mol.